The lowest BCUT2D eigenvalue weighted by atomic mass is 10.1. The number of urea groups is 1. The number of nitrogens with one attached hydrogen (secondary N) is 3. The van der Waals surface area contributed by atoms with Crippen LogP contribution in [0.2, 0.25) is 0 Å². The highest BCUT2D eigenvalue weighted by Crippen LogP contribution is 2.30. The Morgan fingerprint density at radius 2 is 1.60 bits per heavy atom. The number of anilines is 3. The zero-order valence-electron chi connectivity index (χ0n) is 16.8. The van der Waals surface area contributed by atoms with E-state index in [9.17, 15) is 22.8 Å². The number of carbonyl (C=O) groups excluding carboxylic acids is 2. The van der Waals surface area contributed by atoms with Crippen LogP contribution in [0.5, 0.6) is 0 Å². The molecule has 0 saturated carbocycles. The van der Waals surface area contributed by atoms with Gasteiger partial charge in [-0.05, 0) is 42.5 Å². The van der Waals surface area contributed by atoms with Gasteiger partial charge in [0.2, 0.25) is 0 Å². The van der Waals surface area contributed by atoms with Gasteiger partial charge in [0.1, 0.15) is 0 Å². The Morgan fingerprint density at radius 3 is 2.17 bits per heavy atom. The summed E-state index contributed by atoms with van der Waals surface area (Å²) >= 11 is 0. The second kappa shape index (κ2) is 9.97. The second-order valence-corrected chi connectivity index (χ2v) is 6.53. The molecule has 162 valence electrons. The maximum Gasteiger partial charge on any atom is 0.416 e. The van der Waals surface area contributed by atoms with E-state index in [2.05, 4.69) is 16.0 Å². The fourth-order valence-corrected chi connectivity index (χ4v) is 2.58. The van der Waals surface area contributed by atoms with E-state index in [1.165, 1.54) is 13.2 Å². The van der Waals surface area contributed by atoms with Gasteiger partial charge in [0.05, 0.1) is 17.7 Å². The predicted octanol–water partition coefficient (Wildman–Crippen LogP) is 3.79. The molecular weight excluding hydrogens is 401 g/mol. The molecule has 7 nitrogen and oxygen atoms in total. The molecule has 0 aliphatic carbocycles. The van der Waals surface area contributed by atoms with Crippen LogP contribution in [0.1, 0.15) is 15.9 Å². The number of hydrogen-bond acceptors (Lipinski definition) is 4. The van der Waals surface area contributed by atoms with E-state index in [4.69, 9.17) is 4.74 Å². The third kappa shape index (κ3) is 6.38. The fourth-order valence-electron chi connectivity index (χ4n) is 2.58. The van der Waals surface area contributed by atoms with E-state index >= 15 is 0 Å². The number of nitrogens with zero attached hydrogens (tertiary/aromatic N) is 1. The van der Waals surface area contributed by atoms with E-state index in [1.54, 1.807) is 31.1 Å². The van der Waals surface area contributed by atoms with E-state index in [-0.39, 0.29) is 11.6 Å². The molecule has 0 heterocycles. The van der Waals surface area contributed by atoms with Gasteiger partial charge in [0, 0.05) is 44.8 Å². The number of carbonyl (C=O) groups is 2. The Hall–Kier alpha value is -3.27. The van der Waals surface area contributed by atoms with Crippen LogP contribution < -0.4 is 20.9 Å². The van der Waals surface area contributed by atoms with Gasteiger partial charge in [-0.1, -0.05) is 0 Å². The third-order valence-corrected chi connectivity index (χ3v) is 4.04. The van der Waals surface area contributed by atoms with Crippen molar-refractivity contribution in [1.82, 2.24) is 5.32 Å². The Labute approximate surface area is 172 Å². The number of benzene rings is 2. The highest BCUT2D eigenvalue weighted by molar-refractivity contribution is 6.03. The summed E-state index contributed by atoms with van der Waals surface area (Å²) in [6, 6.07) is 8.24. The molecule has 0 fully saturated rings. The van der Waals surface area contributed by atoms with E-state index < -0.39 is 17.8 Å². The van der Waals surface area contributed by atoms with Gasteiger partial charge in [-0.3, -0.25) is 4.79 Å². The lowest BCUT2D eigenvalue weighted by Crippen LogP contribution is -2.29. The van der Waals surface area contributed by atoms with Gasteiger partial charge < -0.3 is 25.6 Å². The summed E-state index contributed by atoms with van der Waals surface area (Å²) in [6.45, 7) is 0.685. The van der Waals surface area contributed by atoms with Crippen molar-refractivity contribution in [3.05, 3.63) is 53.6 Å². The SMILES string of the molecule is COCCNC(=O)c1cc(NC(=O)Nc2ccc(C(F)(F)F)cc2)ccc1N(C)C. The molecule has 0 aliphatic heterocycles. The first-order valence-electron chi connectivity index (χ1n) is 8.95. The molecule has 0 saturated heterocycles. The second-order valence-electron chi connectivity index (χ2n) is 6.53. The number of hydrogen-bond donors (Lipinski definition) is 3. The third-order valence-electron chi connectivity index (χ3n) is 4.04. The zero-order valence-corrected chi connectivity index (χ0v) is 16.8. The number of rotatable bonds is 7. The average molecular weight is 424 g/mol. The summed E-state index contributed by atoms with van der Waals surface area (Å²) in [5.41, 5.74) is 0.740. The number of methoxy groups -OCH3 is 1. The van der Waals surface area contributed by atoms with Gasteiger partial charge in [0.15, 0.2) is 0 Å². The van der Waals surface area contributed by atoms with Crippen LogP contribution in [0.15, 0.2) is 42.5 Å². The Balaban J connectivity index is 2.10. The summed E-state index contributed by atoms with van der Waals surface area (Å²) in [7, 11) is 5.09. The van der Waals surface area contributed by atoms with Gasteiger partial charge in [-0.2, -0.15) is 13.2 Å². The molecule has 2 aromatic rings. The molecule has 2 aromatic carbocycles. The van der Waals surface area contributed by atoms with Crippen LogP contribution in [0, 0.1) is 0 Å². The predicted molar refractivity (Wildman–Crippen MR) is 109 cm³/mol. The van der Waals surface area contributed by atoms with E-state index in [0.717, 1.165) is 24.3 Å². The minimum Gasteiger partial charge on any atom is -0.383 e. The van der Waals surface area contributed by atoms with Crippen molar-refractivity contribution >= 4 is 29.0 Å². The lowest BCUT2D eigenvalue weighted by Gasteiger charge is -2.18. The van der Waals surface area contributed by atoms with Crippen molar-refractivity contribution < 1.29 is 27.5 Å². The summed E-state index contributed by atoms with van der Waals surface area (Å²) in [6.07, 6.45) is -4.45. The molecule has 3 N–H and O–H groups in total. The quantitative estimate of drug-likeness (QED) is 0.591. The number of halogens is 3. The molecule has 0 spiro atoms. The van der Waals surface area contributed by atoms with Crippen LogP contribution in [-0.2, 0) is 10.9 Å². The number of ether oxygens (including phenoxy) is 1. The molecule has 0 radical (unpaired) electrons. The maximum absolute atomic E-state index is 12.6. The highest BCUT2D eigenvalue weighted by Gasteiger charge is 2.30. The van der Waals surface area contributed by atoms with Crippen molar-refractivity contribution in [3.8, 4) is 0 Å². The molecule has 0 aromatic heterocycles. The largest absolute Gasteiger partial charge is 0.416 e. The van der Waals surface area contributed by atoms with Gasteiger partial charge in [-0.25, -0.2) is 4.79 Å². The Kier molecular flexibility index (Phi) is 7.65. The minimum absolute atomic E-state index is 0.197. The monoisotopic (exact) mass is 424 g/mol. The topological polar surface area (TPSA) is 82.7 Å². The molecular formula is C20H23F3N4O3. The molecule has 0 atom stereocenters. The van der Waals surface area contributed by atoms with Crippen LogP contribution in [0.3, 0.4) is 0 Å². The van der Waals surface area contributed by atoms with Crippen molar-refractivity contribution in [2.45, 2.75) is 6.18 Å². The number of alkyl halides is 3. The summed E-state index contributed by atoms with van der Waals surface area (Å²) in [5, 5.41) is 7.74. The van der Waals surface area contributed by atoms with Crippen LogP contribution >= 0.6 is 0 Å². The molecule has 0 unspecified atom stereocenters. The van der Waals surface area contributed by atoms with E-state index in [1.807, 2.05) is 0 Å². The summed E-state index contributed by atoms with van der Waals surface area (Å²) in [4.78, 5) is 26.4. The number of amides is 3. The first-order valence-corrected chi connectivity index (χ1v) is 8.95. The summed E-state index contributed by atoms with van der Waals surface area (Å²) < 4.78 is 42.8. The summed E-state index contributed by atoms with van der Waals surface area (Å²) in [5.74, 6) is -0.331. The highest BCUT2D eigenvalue weighted by atomic mass is 19.4. The average Bonchev–Trinajstić information content (AvgIpc) is 2.67. The maximum atomic E-state index is 12.6. The normalized spacial score (nSPS) is 11.0. The van der Waals surface area contributed by atoms with Gasteiger partial charge >= 0.3 is 12.2 Å². The Bertz CT molecular complexity index is 884. The van der Waals surface area contributed by atoms with E-state index in [0.29, 0.717) is 30.1 Å². The molecule has 2 rings (SSSR count). The lowest BCUT2D eigenvalue weighted by molar-refractivity contribution is -0.137. The molecule has 30 heavy (non-hydrogen) atoms. The molecule has 10 heteroatoms. The van der Waals surface area contributed by atoms with Crippen LogP contribution in [0.25, 0.3) is 0 Å². The fraction of sp³-hybridized carbons (Fsp3) is 0.300. The first-order chi connectivity index (χ1) is 14.1. The van der Waals surface area contributed by atoms with Crippen molar-refractivity contribution in [2.75, 3.05) is 49.9 Å². The van der Waals surface area contributed by atoms with Gasteiger partial charge in [-0.15, -0.1) is 0 Å². The Morgan fingerprint density at radius 1 is 1.00 bits per heavy atom. The van der Waals surface area contributed by atoms with Crippen LogP contribution in [0.4, 0.5) is 35.0 Å². The first kappa shape index (κ1) is 23.0. The van der Waals surface area contributed by atoms with Crippen molar-refractivity contribution in [3.63, 3.8) is 0 Å². The molecule has 3 amide bonds. The molecule has 0 bridgehead atoms. The van der Waals surface area contributed by atoms with Crippen molar-refractivity contribution in [1.29, 1.82) is 0 Å². The smallest absolute Gasteiger partial charge is 0.383 e. The van der Waals surface area contributed by atoms with Crippen LogP contribution in [-0.4, -0.2) is 46.3 Å². The standard InChI is InChI=1S/C20H23F3N4O3/c1-27(2)17-9-8-15(12-16(17)18(28)24-10-11-30-3)26-19(29)25-14-6-4-13(5-7-14)20(21,22)23/h4-9,12H,10-11H2,1-3H3,(H,24,28)(H2,25,26,29). The zero-order chi connectivity index (χ0) is 22.3. The molecule has 0 aliphatic rings. The van der Waals surface area contributed by atoms with Gasteiger partial charge in [0.25, 0.3) is 5.91 Å². The minimum atomic E-state index is -4.45. The van der Waals surface area contributed by atoms with Crippen molar-refractivity contribution in [2.24, 2.45) is 0 Å².